The van der Waals surface area contributed by atoms with E-state index in [4.69, 9.17) is 12.2 Å². The molecule has 0 aromatic heterocycles. The molecule has 10 nitrogen and oxygen atoms in total. The summed E-state index contributed by atoms with van der Waals surface area (Å²) < 4.78 is 0. The van der Waals surface area contributed by atoms with Gasteiger partial charge in [0.1, 0.15) is 5.71 Å². The number of nitrogens with one attached hydrogen (secondary N) is 2. The van der Waals surface area contributed by atoms with Crippen molar-refractivity contribution in [1.82, 2.24) is 10.3 Å². The minimum atomic E-state index is -0.487. The van der Waals surface area contributed by atoms with Crippen molar-refractivity contribution >= 4 is 57.9 Å². The van der Waals surface area contributed by atoms with E-state index in [1.54, 1.807) is 41.4 Å². The third-order valence-corrected chi connectivity index (χ3v) is 5.63. The number of aryl methyl sites for hydroxylation is 1. The monoisotopic (exact) mass is 515 g/mol. The molecule has 2 N–H and O–H groups in total. The van der Waals surface area contributed by atoms with E-state index in [9.17, 15) is 14.9 Å². The van der Waals surface area contributed by atoms with Crippen LogP contribution < -0.4 is 15.6 Å². The summed E-state index contributed by atoms with van der Waals surface area (Å²) >= 11 is 5.29. The second-order valence-electron chi connectivity index (χ2n) is 8.65. The molecule has 0 aliphatic carbocycles. The number of hydrogen-bond donors (Lipinski definition) is 2. The first-order chi connectivity index (χ1) is 17.7. The molecule has 0 saturated carbocycles. The standard InChI is InChI=1S/C26H25N7O3S/c1-17-4-6-18(7-5-17)15-27-30-26(37)29-20-10-8-19(9-11-20)28-24-22-14-21(33(35)36)12-13-23(22)32(25(24)34)16-31(2)3/h4-15H,16H2,1-3H3,(H2,29,30,37). The number of nitro groups is 1. The normalized spacial score (nSPS) is 13.9. The van der Waals surface area contributed by atoms with E-state index in [2.05, 4.69) is 20.8 Å². The highest BCUT2D eigenvalue weighted by Gasteiger charge is 2.35. The fraction of sp³-hybridized carbons (Fsp3) is 0.154. The Hall–Kier alpha value is -4.48. The molecule has 4 rings (SSSR count). The molecule has 0 spiro atoms. The van der Waals surface area contributed by atoms with Crippen molar-refractivity contribution in [2.45, 2.75) is 6.92 Å². The molecule has 0 atom stereocenters. The van der Waals surface area contributed by atoms with Crippen LogP contribution in [0.15, 0.2) is 76.8 Å². The molecule has 0 bridgehead atoms. The molecule has 0 unspecified atom stereocenters. The molecule has 0 saturated heterocycles. The first kappa shape index (κ1) is 25.6. The third-order valence-electron chi connectivity index (χ3n) is 5.43. The third kappa shape index (κ3) is 6.21. The maximum atomic E-state index is 13.2. The quantitative estimate of drug-likeness (QED) is 0.210. The van der Waals surface area contributed by atoms with Crippen LogP contribution in [0.1, 0.15) is 16.7 Å². The van der Waals surface area contributed by atoms with Crippen LogP contribution in [0.2, 0.25) is 0 Å². The van der Waals surface area contributed by atoms with Gasteiger partial charge in [0, 0.05) is 23.4 Å². The highest BCUT2D eigenvalue weighted by atomic mass is 32.1. The number of hydrazone groups is 1. The van der Waals surface area contributed by atoms with Gasteiger partial charge >= 0.3 is 0 Å². The summed E-state index contributed by atoms with van der Waals surface area (Å²) in [7, 11) is 3.68. The van der Waals surface area contributed by atoms with E-state index in [1.165, 1.54) is 17.7 Å². The van der Waals surface area contributed by atoms with Crippen molar-refractivity contribution in [3.8, 4) is 0 Å². The van der Waals surface area contributed by atoms with Gasteiger partial charge in [-0.3, -0.25) is 30.1 Å². The van der Waals surface area contributed by atoms with Gasteiger partial charge in [-0.15, -0.1) is 0 Å². The number of fused-ring (bicyclic) bond motifs is 1. The SMILES string of the molecule is Cc1ccc(C=NNC(=S)Nc2ccc(N=C3C(=O)N(CN(C)C)c4ccc([N+](=O)[O-])cc43)cc2)cc1. The molecule has 1 amide bonds. The van der Waals surface area contributed by atoms with E-state index in [1.807, 2.05) is 50.2 Å². The number of carbonyl (C=O) groups excluding carboxylic acids is 1. The Morgan fingerprint density at radius 2 is 1.81 bits per heavy atom. The van der Waals surface area contributed by atoms with E-state index in [-0.39, 0.29) is 17.3 Å². The molecular formula is C26H25N7O3S. The van der Waals surface area contributed by atoms with Gasteiger partial charge in [-0.05, 0) is 69.1 Å². The van der Waals surface area contributed by atoms with E-state index >= 15 is 0 Å². The number of anilines is 2. The van der Waals surface area contributed by atoms with Crippen LogP contribution in [-0.4, -0.2) is 53.5 Å². The van der Waals surface area contributed by atoms with Crippen molar-refractivity contribution in [3.63, 3.8) is 0 Å². The van der Waals surface area contributed by atoms with E-state index in [0.717, 1.165) is 5.56 Å². The van der Waals surface area contributed by atoms with E-state index < -0.39 is 4.92 Å². The van der Waals surface area contributed by atoms with Crippen LogP contribution in [0.4, 0.5) is 22.7 Å². The topological polar surface area (TPSA) is 115 Å². The Balaban J connectivity index is 1.48. The van der Waals surface area contributed by atoms with Crippen LogP contribution in [0, 0.1) is 17.0 Å². The fourth-order valence-corrected chi connectivity index (χ4v) is 3.84. The average Bonchev–Trinajstić information content (AvgIpc) is 3.11. The minimum absolute atomic E-state index is 0.100. The maximum absolute atomic E-state index is 13.2. The van der Waals surface area contributed by atoms with Gasteiger partial charge in [0.2, 0.25) is 0 Å². The number of nitrogens with zero attached hydrogens (tertiary/aromatic N) is 5. The Labute approximate surface area is 219 Å². The molecule has 3 aromatic carbocycles. The molecule has 11 heteroatoms. The largest absolute Gasteiger partial charge is 0.331 e. The van der Waals surface area contributed by atoms with Gasteiger partial charge in [0.25, 0.3) is 11.6 Å². The summed E-state index contributed by atoms with van der Waals surface area (Å²) in [5.74, 6) is -0.316. The molecule has 188 valence electrons. The lowest BCUT2D eigenvalue weighted by Crippen LogP contribution is -2.37. The predicted molar refractivity (Wildman–Crippen MR) is 150 cm³/mol. The first-order valence-electron chi connectivity index (χ1n) is 11.3. The summed E-state index contributed by atoms with van der Waals surface area (Å²) in [5.41, 5.74) is 7.19. The maximum Gasteiger partial charge on any atom is 0.278 e. The highest BCUT2D eigenvalue weighted by molar-refractivity contribution is 7.80. The predicted octanol–water partition coefficient (Wildman–Crippen LogP) is 4.21. The first-order valence-corrected chi connectivity index (χ1v) is 11.7. The lowest BCUT2D eigenvalue weighted by Gasteiger charge is -2.21. The van der Waals surface area contributed by atoms with Gasteiger partial charge < -0.3 is 5.32 Å². The molecule has 3 aromatic rings. The molecule has 1 aliphatic rings. The highest BCUT2D eigenvalue weighted by Crippen LogP contribution is 2.34. The second kappa shape index (κ2) is 11.1. The molecule has 37 heavy (non-hydrogen) atoms. The van der Waals surface area contributed by atoms with Crippen molar-refractivity contribution in [1.29, 1.82) is 0 Å². The van der Waals surface area contributed by atoms with Crippen molar-refractivity contribution < 1.29 is 9.72 Å². The number of rotatable bonds is 7. The average molecular weight is 516 g/mol. The number of non-ortho nitro benzene ring substituents is 1. The smallest absolute Gasteiger partial charge is 0.278 e. The summed E-state index contributed by atoms with van der Waals surface area (Å²) in [6.45, 7) is 2.34. The summed E-state index contributed by atoms with van der Waals surface area (Å²) in [6, 6.07) is 19.3. The number of carbonyl (C=O) groups is 1. The number of hydrogen-bond acceptors (Lipinski definition) is 7. The number of nitro benzene ring substituents is 1. The van der Waals surface area contributed by atoms with Crippen LogP contribution in [0.3, 0.4) is 0 Å². The summed E-state index contributed by atoms with van der Waals surface area (Å²) in [5, 5.41) is 18.8. The Morgan fingerprint density at radius 3 is 2.46 bits per heavy atom. The number of benzene rings is 3. The number of amides is 1. The van der Waals surface area contributed by atoms with Gasteiger partial charge in [0.05, 0.1) is 29.2 Å². The van der Waals surface area contributed by atoms with Gasteiger partial charge in [-0.25, -0.2) is 4.99 Å². The molecule has 0 fully saturated rings. The van der Waals surface area contributed by atoms with Gasteiger partial charge in [-0.1, -0.05) is 29.8 Å². The van der Waals surface area contributed by atoms with Gasteiger partial charge in [0.15, 0.2) is 5.11 Å². The fourth-order valence-electron chi connectivity index (χ4n) is 3.67. The van der Waals surface area contributed by atoms with Crippen LogP contribution in [0.5, 0.6) is 0 Å². The lowest BCUT2D eigenvalue weighted by atomic mass is 10.1. The Bertz CT molecular complexity index is 1400. The lowest BCUT2D eigenvalue weighted by molar-refractivity contribution is -0.384. The van der Waals surface area contributed by atoms with Crippen LogP contribution in [-0.2, 0) is 4.79 Å². The van der Waals surface area contributed by atoms with Crippen molar-refractivity contribution in [3.05, 3.63) is 93.5 Å². The summed E-state index contributed by atoms with van der Waals surface area (Å²) in [4.78, 5) is 31.9. The molecule has 1 heterocycles. The molecule has 1 aliphatic heterocycles. The zero-order valence-corrected chi connectivity index (χ0v) is 21.3. The summed E-state index contributed by atoms with van der Waals surface area (Å²) in [6.07, 6.45) is 1.67. The number of aliphatic imine (C=N–C) groups is 1. The molecular weight excluding hydrogens is 490 g/mol. The zero-order chi connectivity index (χ0) is 26.5. The molecule has 0 radical (unpaired) electrons. The minimum Gasteiger partial charge on any atom is -0.331 e. The van der Waals surface area contributed by atoms with Crippen molar-refractivity contribution in [2.75, 3.05) is 31.0 Å². The van der Waals surface area contributed by atoms with Crippen molar-refractivity contribution in [2.24, 2.45) is 10.1 Å². The second-order valence-corrected chi connectivity index (χ2v) is 9.06. The van der Waals surface area contributed by atoms with E-state index in [0.29, 0.717) is 34.4 Å². The Kier molecular flexibility index (Phi) is 7.66. The number of thiocarbonyl (C=S) groups is 1. The van der Waals surface area contributed by atoms with Crippen LogP contribution >= 0.6 is 12.2 Å². The van der Waals surface area contributed by atoms with Gasteiger partial charge in [-0.2, -0.15) is 5.10 Å². The Morgan fingerprint density at radius 1 is 1.11 bits per heavy atom. The zero-order valence-electron chi connectivity index (χ0n) is 20.5. The van der Waals surface area contributed by atoms with Crippen LogP contribution in [0.25, 0.3) is 0 Å².